The summed E-state index contributed by atoms with van der Waals surface area (Å²) in [4.78, 5) is 27.7. The number of hydrogen-bond acceptors (Lipinski definition) is 6. The first-order valence-corrected chi connectivity index (χ1v) is 9.58. The highest BCUT2D eigenvalue weighted by atomic mass is 16.3. The number of furan rings is 1. The molecular weight excluding hydrogens is 342 g/mol. The van der Waals surface area contributed by atoms with Crippen LogP contribution in [0.3, 0.4) is 0 Å². The monoisotopic (exact) mass is 367 g/mol. The molecule has 1 fully saturated rings. The molecule has 4 rings (SSSR count). The Morgan fingerprint density at radius 1 is 1.11 bits per heavy atom. The van der Waals surface area contributed by atoms with Gasteiger partial charge in [-0.1, -0.05) is 26.0 Å². The average molecular weight is 367 g/mol. The SMILES string of the molecule is CCN(CC)CC(=O)N1CCN(c2ncnc3c2oc2ccccc23)CC1. The number of fused-ring (bicyclic) bond motifs is 3. The van der Waals surface area contributed by atoms with Crippen molar-refractivity contribution in [2.75, 3.05) is 50.7 Å². The van der Waals surface area contributed by atoms with E-state index in [1.54, 1.807) is 6.33 Å². The van der Waals surface area contributed by atoms with Gasteiger partial charge >= 0.3 is 0 Å². The van der Waals surface area contributed by atoms with Crippen LogP contribution in [-0.4, -0.2) is 71.5 Å². The zero-order valence-corrected chi connectivity index (χ0v) is 15.9. The highest BCUT2D eigenvalue weighted by Crippen LogP contribution is 2.32. The fourth-order valence-corrected chi connectivity index (χ4v) is 3.64. The summed E-state index contributed by atoms with van der Waals surface area (Å²) in [6.45, 7) is 9.34. The van der Waals surface area contributed by atoms with E-state index in [9.17, 15) is 4.79 Å². The molecule has 27 heavy (non-hydrogen) atoms. The van der Waals surface area contributed by atoms with E-state index in [0.29, 0.717) is 19.6 Å². The molecule has 1 amide bonds. The molecule has 1 aromatic carbocycles. The normalized spacial score (nSPS) is 15.2. The molecule has 0 N–H and O–H groups in total. The lowest BCUT2D eigenvalue weighted by Crippen LogP contribution is -2.51. The zero-order valence-electron chi connectivity index (χ0n) is 15.9. The van der Waals surface area contributed by atoms with Crippen LogP contribution in [0.5, 0.6) is 0 Å². The zero-order chi connectivity index (χ0) is 18.8. The topological polar surface area (TPSA) is 65.7 Å². The number of rotatable bonds is 5. The lowest BCUT2D eigenvalue weighted by molar-refractivity contribution is -0.132. The van der Waals surface area contributed by atoms with Gasteiger partial charge < -0.3 is 14.2 Å². The van der Waals surface area contributed by atoms with Crippen LogP contribution < -0.4 is 4.90 Å². The molecule has 0 radical (unpaired) electrons. The molecule has 0 spiro atoms. The number of hydrogen-bond donors (Lipinski definition) is 0. The van der Waals surface area contributed by atoms with Crippen molar-refractivity contribution in [1.82, 2.24) is 19.8 Å². The second-order valence-electron chi connectivity index (χ2n) is 6.80. The second kappa shape index (κ2) is 7.52. The van der Waals surface area contributed by atoms with Crippen LogP contribution in [0.1, 0.15) is 13.8 Å². The molecule has 0 aliphatic carbocycles. The number of anilines is 1. The van der Waals surface area contributed by atoms with Crippen LogP contribution in [0, 0.1) is 0 Å². The molecular formula is C20H25N5O2. The molecule has 0 atom stereocenters. The summed E-state index contributed by atoms with van der Waals surface area (Å²) >= 11 is 0. The van der Waals surface area contributed by atoms with E-state index in [1.165, 1.54) is 0 Å². The van der Waals surface area contributed by atoms with Gasteiger partial charge in [-0.05, 0) is 25.2 Å². The van der Waals surface area contributed by atoms with Gasteiger partial charge in [0.1, 0.15) is 17.4 Å². The molecule has 1 aliphatic heterocycles. The van der Waals surface area contributed by atoms with Crippen LogP contribution in [0.25, 0.3) is 22.1 Å². The quantitative estimate of drug-likeness (QED) is 0.690. The third-order valence-corrected chi connectivity index (χ3v) is 5.32. The van der Waals surface area contributed by atoms with Gasteiger partial charge in [-0.25, -0.2) is 9.97 Å². The first kappa shape index (κ1) is 17.7. The van der Waals surface area contributed by atoms with Gasteiger partial charge in [0.05, 0.1) is 6.54 Å². The Labute approximate surface area is 158 Å². The minimum atomic E-state index is 0.204. The van der Waals surface area contributed by atoms with Gasteiger partial charge in [-0.3, -0.25) is 9.69 Å². The molecule has 7 nitrogen and oxygen atoms in total. The van der Waals surface area contributed by atoms with E-state index in [-0.39, 0.29) is 5.91 Å². The number of piperazine rings is 1. The first-order chi connectivity index (χ1) is 13.2. The molecule has 1 saturated heterocycles. The van der Waals surface area contributed by atoms with Crippen molar-refractivity contribution >= 4 is 33.8 Å². The predicted octanol–water partition coefficient (Wildman–Crippen LogP) is 2.37. The van der Waals surface area contributed by atoms with E-state index in [4.69, 9.17) is 4.42 Å². The minimum absolute atomic E-state index is 0.204. The van der Waals surface area contributed by atoms with Gasteiger partial charge in [0, 0.05) is 31.6 Å². The van der Waals surface area contributed by atoms with Crippen LogP contribution in [-0.2, 0) is 4.79 Å². The predicted molar refractivity (Wildman–Crippen MR) is 106 cm³/mol. The number of para-hydroxylation sites is 1. The van der Waals surface area contributed by atoms with Crippen molar-refractivity contribution in [1.29, 1.82) is 0 Å². The number of benzene rings is 1. The molecule has 3 heterocycles. The highest BCUT2D eigenvalue weighted by molar-refractivity contribution is 6.05. The van der Waals surface area contributed by atoms with E-state index in [2.05, 4.69) is 33.6 Å². The molecule has 2 aromatic heterocycles. The number of amides is 1. The molecule has 0 saturated carbocycles. The Balaban J connectivity index is 1.51. The molecule has 7 heteroatoms. The summed E-state index contributed by atoms with van der Waals surface area (Å²) in [6.07, 6.45) is 1.59. The maximum Gasteiger partial charge on any atom is 0.236 e. The summed E-state index contributed by atoms with van der Waals surface area (Å²) in [5.74, 6) is 1.02. The van der Waals surface area contributed by atoms with E-state index in [0.717, 1.165) is 54.1 Å². The van der Waals surface area contributed by atoms with E-state index >= 15 is 0 Å². The highest BCUT2D eigenvalue weighted by Gasteiger charge is 2.25. The fraction of sp³-hybridized carbons (Fsp3) is 0.450. The number of carbonyl (C=O) groups excluding carboxylic acids is 1. The summed E-state index contributed by atoms with van der Waals surface area (Å²) in [6, 6.07) is 7.91. The first-order valence-electron chi connectivity index (χ1n) is 9.58. The standard InChI is InChI=1S/C20H25N5O2/c1-3-23(4-2)13-17(26)24-9-11-25(12-10-24)20-19-18(21-14-22-20)15-7-5-6-8-16(15)27-19/h5-8,14H,3-4,9-13H2,1-2H3. The molecule has 0 bridgehead atoms. The molecule has 3 aromatic rings. The lowest BCUT2D eigenvalue weighted by Gasteiger charge is -2.36. The average Bonchev–Trinajstić information content (AvgIpc) is 3.11. The number of aromatic nitrogens is 2. The second-order valence-corrected chi connectivity index (χ2v) is 6.80. The number of likely N-dealkylation sites (N-methyl/N-ethyl adjacent to an activating group) is 1. The van der Waals surface area contributed by atoms with Crippen molar-refractivity contribution in [2.45, 2.75) is 13.8 Å². The van der Waals surface area contributed by atoms with Crippen molar-refractivity contribution in [3.05, 3.63) is 30.6 Å². The Morgan fingerprint density at radius 3 is 2.59 bits per heavy atom. The van der Waals surface area contributed by atoms with E-state index in [1.807, 2.05) is 29.2 Å². The molecule has 142 valence electrons. The van der Waals surface area contributed by atoms with E-state index < -0.39 is 0 Å². The summed E-state index contributed by atoms with van der Waals surface area (Å²) in [7, 11) is 0. The van der Waals surface area contributed by atoms with Crippen molar-refractivity contribution in [3.8, 4) is 0 Å². The Hall–Kier alpha value is -2.67. The van der Waals surface area contributed by atoms with Crippen LogP contribution in [0.2, 0.25) is 0 Å². The van der Waals surface area contributed by atoms with Gasteiger partial charge in [-0.2, -0.15) is 0 Å². The third kappa shape index (κ3) is 3.35. The smallest absolute Gasteiger partial charge is 0.236 e. The van der Waals surface area contributed by atoms with Gasteiger partial charge in [0.15, 0.2) is 11.4 Å². The summed E-state index contributed by atoms with van der Waals surface area (Å²) in [5, 5.41) is 1.00. The number of nitrogens with zero attached hydrogens (tertiary/aromatic N) is 5. The van der Waals surface area contributed by atoms with Crippen LogP contribution in [0.4, 0.5) is 5.82 Å². The maximum atomic E-state index is 12.5. The van der Waals surface area contributed by atoms with Gasteiger partial charge in [0.2, 0.25) is 5.91 Å². The third-order valence-electron chi connectivity index (χ3n) is 5.32. The van der Waals surface area contributed by atoms with Crippen LogP contribution in [0.15, 0.2) is 35.0 Å². The van der Waals surface area contributed by atoms with Gasteiger partial charge in [0.25, 0.3) is 0 Å². The Morgan fingerprint density at radius 2 is 1.85 bits per heavy atom. The fourth-order valence-electron chi connectivity index (χ4n) is 3.64. The Kier molecular flexibility index (Phi) is 4.94. The summed E-state index contributed by atoms with van der Waals surface area (Å²) in [5.41, 5.74) is 2.39. The van der Waals surface area contributed by atoms with Crippen molar-refractivity contribution in [3.63, 3.8) is 0 Å². The Bertz CT molecular complexity index is 942. The van der Waals surface area contributed by atoms with Gasteiger partial charge in [-0.15, -0.1) is 0 Å². The molecule has 0 unspecified atom stereocenters. The lowest BCUT2D eigenvalue weighted by atomic mass is 10.2. The largest absolute Gasteiger partial charge is 0.450 e. The van der Waals surface area contributed by atoms with Crippen molar-refractivity contribution < 1.29 is 9.21 Å². The maximum absolute atomic E-state index is 12.5. The minimum Gasteiger partial charge on any atom is -0.450 e. The van der Waals surface area contributed by atoms with Crippen LogP contribution >= 0.6 is 0 Å². The molecule has 1 aliphatic rings. The summed E-state index contributed by atoms with van der Waals surface area (Å²) < 4.78 is 6.04. The number of carbonyl (C=O) groups is 1. The van der Waals surface area contributed by atoms with Crippen molar-refractivity contribution in [2.24, 2.45) is 0 Å².